The van der Waals surface area contributed by atoms with Crippen LogP contribution >= 0.6 is 0 Å². The molecule has 1 aliphatic rings. The van der Waals surface area contributed by atoms with E-state index in [2.05, 4.69) is 9.97 Å². The summed E-state index contributed by atoms with van der Waals surface area (Å²) >= 11 is 0. The van der Waals surface area contributed by atoms with Crippen molar-refractivity contribution in [2.75, 3.05) is 0 Å². The average Bonchev–Trinajstić information content (AvgIpc) is 3.51. The molecule has 0 fully saturated rings. The van der Waals surface area contributed by atoms with Crippen molar-refractivity contribution < 1.29 is 27.9 Å². The fourth-order valence-electron chi connectivity index (χ4n) is 4.86. The Morgan fingerprint density at radius 3 is 1.44 bits per heavy atom. The number of cyclic esters (lactones) is 2. The van der Waals surface area contributed by atoms with E-state index in [1.165, 1.54) is 12.8 Å². The van der Waals surface area contributed by atoms with Crippen molar-refractivity contribution in [2.45, 2.75) is 79.4 Å². The normalized spacial score (nSPS) is 32.1. The fraction of sp³-hybridized carbons (Fsp3) is 0.571. The van der Waals surface area contributed by atoms with E-state index >= 15 is 0 Å². The second-order valence-corrected chi connectivity index (χ2v) is 10.3. The molecule has 8 heteroatoms. The quantitative estimate of drug-likeness (QED) is 0.509. The van der Waals surface area contributed by atoms with Crippen LogP contribution in [0, 0.1) is 23.7 Å². The molecule has 6 atom stereocenters. The maximum Gasteiger partial charge on any atom is 0.333 e. The average molecular weight is 499 g/mol. The SMILES string of the molecule is C/C1=C\[C@H](C)C[C@H](C)[C@H](Cc2cnco2)OC(=O)/C(C)=C/[C@H](C)C[C@H](C)C(Cc2cnco2)OC1=O. The number of hydrogen-bond acceptors (Lipinski definition) is 8. The molecule has 8 nitrogen and oxygen atoms in total. The molecule has 0 saturated carbocycles. The Labute approximate surface area is 213 Å². The molecule has 1 unspecified atom stereocenters. The molecule has 0 N–H and O–H groups in total. The van der Waals surface area contributed by atoms with E-state index in [9.17, 15) is 9.59 Å². The number of rotatable bonds is 4. The molecule has 1 aliphatic heterocycles. The molecule has 0 aliphatic carbocycles. The van der Waals surface area contributed by atoms with E-state index in [1.54, 1.807) is 26.2 Å². The van der Waals surface area contributed by atoms with Gasteiger partial charge in [-0.15, -0.1) is 0 Å². The van der Waals surface area contributed by atoms with Gasteiger partial charge in [-0.25, -0.2) is 19.6 Å². The molecule has 0 aromatic carbocycles. The monoisotopic (exact) mass is 498 g/mol. The van der Waals surface area contributed by atoms with Crippen molar-refractivity contribution in [2.24, 2.45) is 23.7 Å². The van der Waals surface area contributed by atoms with E-state index in [0.717, 1.165) is 0 Å². The highest BCUT2D eigenvalue weighted by molar-refractivity contribution is 5.88. The summed E-state index contributed by atoms with van der Waals surface area (Å²) in [6.45, 7) is 11.8. The molecule has 3 heterocycles. The molecule has 36 heavy (non-hydrogen) atoms. The molecule has 0 spiro atoms. The summed E-state index contributed by atoms with van der Waals surface area (Å²) in [6.07, 6.45) is 11.4. The highest BCUT2D eigenvalue weighted by Gasteiger charge is 2.28. The van der Waals surface area contributed by atoms with Crippen molar-refractivity contribution >= 4 is 11.9 Å². The number of carbonyl (C=O) groups is 2. The number of allylic oxidation sites excluding steroid dienone is 2. The van der Waals surface area contributed by atoms with Gasteiger partial charge in [0.2, 0.25) is 0 Å². The lowest BCUT2D eigenvalue weighted by atomic mass is 9.88. The Morgan fingerprint density at radius 1 is 0.722 bits per heavy atom. The van der Waals surface area contributed by atoms with Gasteiger partial charge in [0, 0.05) is 24.0 Å². The molecule has 0 radical (unpaired) electrons. The molecule has 3 rings (SSSR count). The van der Waals surface area contributed by atoms with Crippen molar-refractivity contribution in [3.8, 4) is 0 Å². The first-order valence-electron chi connectivity index (χ1n) is 12.7. The van der Waals surface area contributed by atoms with Crippen LogP contribution in [0.5, 0.6) is 0 Å². The van der Waals surface area contributed by atoms with Gasteiger partial charge < -0.3 is 18.3 Å². The van der Waals surface area contributed by atoms with E-state index < -0.39 is 0 Å². The third-order valence-corrected chi connectivity index (χ3v) is 6.76. The standard InChI is InChI=1S/C28H38N2O6/c1-17-7-19(3)25(11-23-13-29-15-33-23)35-28(32)22(6)10-18(2)8-20(4)26(12-24-14-30-16-34-24)36-27(31)21(5)9-17/h9-10,13-20,25-26H,7-8,11-12H2,1-6H3/b21-9+,22-10+/t17-,18-,19+,20+,25+,26?/m1/s1. The molecule has 0 bridgehead atoms. The number of nitrogens with zero attached hydrogens (tertiary/aromatic N) is 2. The van der Waals surface area contributed by atoms with Gasteiger partial charge >= 0.3 is 11.9 Å². The Bertz CT molecular complexity index is 956. The predicted octanol–water partition coefficient (Wildman–Crippen LogP) is 5.50. The van der Waals surface area contributed by atoms with Crippen LogP contribution in [-0.4, -0.2) is 34.1 Å². The summed E-state index contributed by atoms with van der Waals surface area (Å²) in [5.74, 6) is 0.843. The minimum absolute atomic E-state index is 0.0199. The third kappa shape index (κ3) is 7.93. The third-order valence-electron chi connectivity index (χ3n) is 6.76. The summed E-state index contributed by atoms with van der Waals surface area (Å²) in [5, 5.41) is 0. The lowest BCUT2D eigenvalue weighted by molar-refractivity contribution is -0.147. The second-order valence-electron chi connectivity index (χ2n) is 10.3. The largest absolute Gasteiger partial charge is 0.458 e. The first-order chi connectivity index (χ1) is 17.1. The van der Waals surface area contributed by atoms with E-state index in [1.807, 2.05) is 39.8 Å². The van der Waals surface area contributed by atoms with Crippen molar-refractivity contribution in [1.82, 2.24) is 9.97 Å². The molecule has 0 amide bonds. The molecular formula is C28H38N2O6. The highest BCUT2D eigenvalue weighted by Crippen LogP contribution is 2.27. The van der Waals surface area contributed by atoms with Crippen molar-refractivity contribution in [1.29, 1.82) is 0 Å². The molecular weight excluding hydrogens is 460 g/mol. The fourth-order valence-corrected chi connectivity index (χ4v) is 4.86. The van der Waals surface area contributed by atoms with Gasteiger partial charge in [-0.05, 0) is 50.4 Å². The van der Waals surface area contributed by atoms with Gasteiger partial charge in [0.25, 0.3) is 0 Å². The minimum atomic E-state index is -0.384. The maximum atomic E-state index is 13.0. The Hall–Kier alpha value is -3.16. The summed E-state index contributed by atoms with van der Waals surface area (Å²) in [5.41, 5.74) is 1.12. The van der Waals surface area contributed by atoms with Gasteiger partial charge in [-0.2, -0.15) is 0 Å². The summed E-state index contributed by atoms with van der Waals surface area (Å²) in [7, 11) is 0. The molecule has 0 saturated heterocycles. The van der Waals surface area contributed by atoms with Gasteiger partial charge in [0.05, 0.1) is 12.4 Å². The Balaban J connectivity index is 1.87. The Morgan fingerprint density at radius 2 is 1.11 bits per heavy atom. The van der Waals surface area contributed by atoms with Crippen LogP contribution in [0.3, 0.4) is 0 Å². The number of hydrogen-bond donors (Lipinski definition) is 0. The van der Waals surface area contributed by atoms with Crippen LogP contribution in [0.15, 0.2) is 57.3 Å². The topological polar surface area (TPSA) is 105 Å². The summed E-state index contributed by atoms with van der Waals surface area (Å²) in [6, 6.07) is 0. The lowest BCUT2D eigenvalue weighted by Gasteiger charge is -2.27. The van der Waals surface area contributed by atoms with Gasteiger partial charge in [-0.3, -0.25) is 0 Å². The molecule has 2 aromatic heterocycles. The second kappa shape index (κ2) is 12.7. The van der Waals surface area contributed by atoms with Crippen LogP contribution in [0.2, 0.25) is 0 Å². The summed E-state index contributed by atoms with van der Waals surface area (Å²) in [4.78, 5) is 34.0. The van der Waals surface area contributed by atoms with Crippen molar-refractivity contribution in [3.05, 3.63) is 60.0 Å². The van der Waals surface area contributed by atoms with E-state index in [0.29, 0.717) is 48.3 Å². The van der Waals surface area contributed by atoms with Crippen molar-refractivity contribution in [3.63, 3.8) is 0 Å². The van der Waals surface area contributed by atoms with Crippen LogP contribution in [0.1, 0.15) is 65.9 Å². The smallest absolute Gasteiger partial charge is 0.333 e. The first kappa shape index (κ1) is 27.4. The Kier molecular flexibility index (Phi) is 9.67. The number of carbonyl (C=O) groups excluding carboxylic acids is 2. The number of aromatic nitrogens is 2. The number of ether oxygens (including phenoxy) is 2. The van der Waals surface area contributed by atoms with Crippen LogP contribution in [0.4, 0.5) is 0 Å². The number of esters is 2. The molecule has 196 valence electrons. The zero-order chi connectivity index (χ0) is 26.2. The van der Waals surface area contributed by atoms with E-state index in [-0.39, 0.29) is 47.8 Å². The zero-order valence-corrected chi connectivity index (χ0v) is 22.1. The molecule has 2 aromatic rings. The maximum absolute atomic E-state index is 13.0. The minimum Gasteiger partial charge on any atom is -0.458 e. The number of oxazole rings is 2. The van der Waals surface area contributed by atoms with Gasteiger partial charge in [0.15, 0.2) is 12.8 Å². The summed E-state index contributed by atoms with van der Waals surface area (Å²) < 4.78 is 22.8. The van der Waals surface area contributed by atoms with Crippen LogP contribution in [0.25, 0.3) is 0 Å². The first-order valence-corrected chi connectivity index (χ1v) is 12.7. The van der Waals surface area contributed by atoms with Crippen LogP contribution in [-0.2, 0) is 31.9 Å². The highest BCUT2D eigenvalue weighted by atomic mass is 16.5. The predicted molar refractivity (Wildman–Crippen MR) is 134 cm³/mol. The van der Waals surface area contributed by atoms with Crippen LogP contribution < -0.4 is 0 Å². The zero-order valence-electron chi connectivity index (χ0n) is 22.1. The van der Waals surface area contributed by atoms with Gasteiger partial charge in [0.1, 0.15) is 23.7 Å². The van der Waals surface area contributed by atoms with E-state index in [4.69, 9.17) is 18.3 Å². The van der Waals surface area contributed by atoms with Gasteiger partial charge in [-0.1, -0.05) is 39.8 Å². The lowest BCUT2D eigenvalue weighted by Crippen LogP contribution is -2.30.